The standard InChI is InChI=1S/C29H37F2N5O3/c1-27(2,3)21-5-4-6-22(16-21)28(7-9-29(10-8-28)38-11-12-39-29)32-18-26(37)25(36-19-33-34-35-36)15-20-13-23(30)17-24(31)14-20/h4-6,13-14,16-17,19,25-26,32,37H,7-12,15,18H2,1-3H3. The molecular weight excluding hydrogens is 504 g/mol. The van der Waals surface area contributed by atoms with Gasteiger partial charge in [-0.05, 0) is 63.9 Å². The highest BCUT2D eigenvalue weighted by Gasteiger charge is 2.47. The Bertz CT molecular complexity index is 1230. The summed E-state index contributed by atoms with van der Waals surface area (Å²) in [7, 11) is 0. The summed E-state index contributed by atoms with van der Waals surface area (Å²) < 4.78 is 41.3. The predicted molar refractivity (Wildman–Crippen MR) is 141 cm³/mol. The van der Waals surface area contributed by atoms with E-state index in [1.165, 1.54) is 28.7 Å². The fraction of sp³-hybridized carbons (Fsp3) is 0.552. The van der Waals surface area contributed by atoms with Crippen LogP contribution in [-0.2, 0) is 26.8 Å². The molecule has 1 aromatic heterocycles. The van der Waals surface area contributed by atoms with Crippen molar-refractivity contribution in [3.05, 3.63) is 77.1 Å². The third kappa shape index (κ3) is 6.19. The molecule has 1 saturated carbocycles. The Kier molecular flexibility index (Phi) is 7.83. The number of nitrogens with zero attached hydrogens (tertiary/aromatic N) is 4. The van der Waals surface area contributed by atoms with Gasteiger partial charge in [-0.25, -0.2) is 13.5 Å². The third-order valence-corrected chi connectivity index (χ3v) is 8.13. The van der Waals surface area contributed by atoms with E-state index < -0.39 is 35.1 Å². The van der Waals surface area contributed by atoms with Gasteiger partial charge < -0.3 is 19.9 Å². The van der Waals surface area contributed by atoms with Gasteiger partial charge in [0, 0.05) is 31.0 Å². The zero-order chi connectivity index (χ0) is 27.7. The van der Waals surface area contributed by atoms with Crippen LogP contribution in [0.3, 0.4) is 0 Å². The first-order valence-corrected chi connectivity index (χ1v) is 13.6. The quantitative estimate of drug-likeness (QED) is 0.442. The number of tetrazole rings is 1. The van der Waals surface area contributed by atoms with Crippen LogP contribution in [0.2, 0.25) is 0 Å². The minimum absolute atomic E-state index is 0.0182. The molecule has 2 unspecified atom stereocenters. The van der Waals surface area contributed by atoms with E-state index in [-0.39, 0.29) is 18.4 Å². The maximum absolute atomic E-state index is 13.9. The van der Waals surface area contributed by atoms with Gasteiger partial charge in [0.2, 0.25) is 0 Å². The Hall–Kier alpha value is -2.79. The molecule has 2 fully saturated rings. The molecule has 39 heavy (non-hydrogen) atoms. The van der Waals surface area contributed by atoms with Crippen molar-refractivity contribution in [1.82, 2.24) is 25.5 Å². The molecule has 3 aromatic rings. The van der Waals surface area contributed by atoms with Gasteiger partial charge in [0.25, 0.3) is 0 Å². The van der Waals surface area contributed by atoms with Crippen LogP contribution in [0, 0.1) is 11.6 Å². The van der Waals surface area contributed by atoms with E-state index in [1.54, 1.807) is 0 Å². The zero-order valence-corrected chi connectivity index (χ0v) is 22.7. The maximum Gasteiger partial charge on any atom is 0.168 e. The minimum atomic E-state index is -0.947. The van der Waals surface area contributed by atoms with Crippen molar-refractivity contribution in [1.29, 1.82) is 0 Å². The zero-order valence-electron chi connectivity index (χ0n) is 22.7. The molecule has 0 bridgehead atoms. The van der Waals surface area contributed by atoms with Crippen molar-refractivity contribution in [2.75, 3.05) is 19.8 Å². The molecule has 2 heterocycles. The second-order valence-corrected chi connectivity index (χ2v) is 11.8. The molecular formula is C29H37F2N5O3. The largest absolute Gasteiger partial charge is 0.390 e. The lowest BCUT2D eigenvalue weighted by Crippen LogP contribution is -2.52. The number of hydrogen-bond acceptors (Lipinski definition) is 7. The van der Waals surface area contributed by atoms with Crippen molar-refractivity contribution in [3.63, 3.8) is 0 Å². The minimum Gasteiger partial charge on any atom is -0.390 e. The molecule has 5 rings (SSSR count). The summed E-state index contributed by atoms with van der Waals surface area (Å²) in [5, 5.41) is 26.5. The van der Waals surface area contributed by atoms with Crippen LogP contribution in [0.4, 0.5) is 8.78 Å². The highest BCUT2D eigenvalue weighted by atomic mass is 19.1. The smallest absolute Gasteiger partial charge is 0.168 e. The molecule has 2 aliphatic rings. The first-order valence-electron chi connectivity index (χ1n) is 13.6. The molecule has 10 heteroatoms. The van der Waals surface area contributed by atoms with Crippen molar-refractivity contribution in [3.8, 4) is 0 Å². The van der Waals surface area contributed by atoms with Crippen molar-refractivity contribution in [2.24, 2.45) is 0 Å². The molecule has 0 amide bonds. The fourth-order valence-electron chi connectivity index (χ4n) is 5.83. The number of nitrogens with one attached hydrogen (secondary N) is 1. The van der Waals surface area contributed by atoms with E-state index in [9.17, 15) is 13.9 Å². The molecule has 210 valence electrons. The topological polar surface area (TPSA) is 94.3 Å². The van der Waals surface area contributed by atoms with Crippen molar-refractivity contribution >= 4 is 0 Å². The SMILES string of the molecule is CC(C)(C)c1cccc(C2(NCC(O)C(Cc3cc(F)cc(F)c3)n3cnnn3)CCC3(CC2)OCCO3)c1. The van der Waals surface area contributed by atoms with Crippen LogP contribution in [-0.4, -0.2) is 57.0 Å². The number of ether oxygens (including phenoxy) is 2. The Morgan fingerprint density at radius 2 is 1.72 bits per heavy atom. The molecule has 1 aliphatic heterocycles. The molecule has 0 radical (unpaired) electrons. The highest BCUT2D eigenvalue weighted by Crippen LogP contribution is 2.45. The summed E-state index contributed by atoms with van der Waals surface area (Å²) in [5.41, 5.74) is 2.36. The van der Waals surface area contributed by atoms with Crippen LogP contribution in [0.1, 0.15) is 69.2 Å². The highest BCUT2D eigenvalue weighted by molar-refractivity contribution is 5.34. The first kappa shape index (κ1) is 27.8. The van der Waals surface area contributed by atoms with E-state index in [0.717, 1.165) is 37.3 Å². The second-order valence-electron chi connectivity index (χ2n) is 11.8. The molecule has 2 atom stereocenters. The lowest BCUT2D eigenvalue weighted by Gasteiger charge is -2.45. The summed E-state index contributed by atoms with van der Waals surface area (Å²) in [6.07, 6.45) is 3.60. The predicted octanol–water partition coefficient (Wildman–Crippen LogP) is 4.20. The Morgan fingerprint density at radius 3 is 2.33 bits per heavy atom. The van der Waals surface area contributed by atoms with E-state index in [1.807, 2.05) is 0 Å². The number of halogens is 2. The van der Waals surface area contributed by atoms with Gasteiger partial charge in [-0.1, -0.05) is 45.0 Å². The van der Waals surface area contributed by atoms with Crippen molar-refractivity contribution in [2.45, 2.75) is 81.8 Å². The summed E-state index contributed by atoms with van der Waals surface area (Å²) >= 11 is 0. The fourth-order valence-corrected chi connectivity index (χ4v) is 5.83. The van der Waals surface area contributed by atoms with E-state index in [0.29, 0.717) is 18.8 Å². The summed E-state index contributed by atoms with van der Waals surface area (Å²) in [4.78, 5) is 0. The van der Waals surface area contributed by atoms with Gasteiger partial charge in [0.15, 0.2) is 5.79 Å². The first-order chi connectivity index (χ1) is 18.6. The van der Waals surface area contributed by atoms with Crippen LogP contribution in [0.5, 0.6) is 0 Å². The molecule has 8 nitrogen and oxygen atoms in total. The van der Waals surface area contributed by atoms with Gasteiger partial charge in [-0.15, -0.1) is 5.10 Å². The Balaban J connectivity index is 1.40. The van der Waals surface area contributed by atoms with Gasteiger partial charge in [0.1, 0.15) is 18.0 Å². The monoisotopic (exact) mass is 541 g/mol. The number of hydrogen-bond donors (Lipinski definition) is 2. The van der Waals surface area contributed by atoms with E-state index in [2.05, 4.69) is 65.9 Å². The summed E-state index contributed by atoms with van der Waals surface area (Å²) in [6.45, 7) is 8.00. The molecule has 2 aromatic carbocycles. The maximum atomic E-state index is 13.9. The van der Waals surface area contributed by atoms with Gasteiger partial charge >= 0.3 is 0 Å². The lowest BCUT2D eigenvalue weighted by molar-refractivity contribution is -0.187. The molecule has 1 aliphatic carbocycles. The Labute approximate surface area is 227 Å². The van der Waals surface area contributed by atoms with E-state index >= 15 is 0 Å². The Morgan fingerprint density at radius 1 is 1.03 bits per heavy atom. The third-order valence-electron chi connectivity index (χ3n) is 8.13. The van der Waals surface area contributed by atoms with Gasteiger partial charge in [0.05, 0.1) is 25.4 Å². The normalized spacial score (nSPS) is 20.3. The lowest BCUT2D eigenvalue weighted by atomic mass is 9.72. The van der Waals surface area contributed by atoms with Crippen LogP contribution < -0.4 is 5.32 Å². The van der Waals surface area contributed by atoms with Crippen molar-refractivity contribution < 1.29 is 23.4 Å². The summed E-state index contributed by atoms with van der Waals surface area (Å²) in [6, 6.07) is 11.3. The van der Waals surface area contributed by atoms with Crippen LogP contribution in [0.15, 0.2) is 48.8 Å². The van der Waals surface area contributed by atoms with Crippen LogP contribution >= 0.6 is 0 Å². The number of aromatic nitrogens is 4. The summed E-state index contributed by atoms with van der Waals surface area (Å²) in [5.74, 6) is -1.88. The second kappa shape index (κ2) is 11.0. The van der Waals surface area contributed by atoms with Gasteiger partial charge in [-0.2, -0.15) is 0 Å². The molecule has 1 saturated heterocycles. The van der Waals surface area contributed by atoms with Gasteiger partial charge in [-0.3, -0.25) is 0 Å². The molecule has 1 spiro atoms. The number of aliphatic hydroxyl groups is 1. The average Bonchev–Trinajstić information content (AvgIpc) is 3.59. The number of aliphatic hydroxyl groups excluding tert-OH is 1. The molecule has 2 N–H and O–H groups in total. The number of benzene rings is 2. The van der Waals surface area contributed by atoms with E-state index in [4.69, 9.17) is 9.47 Å². The number of rotatable bonds is 8. The van der Waals surface area contributed by atoms with Crippen LogP contribution in [0.25, 0.3) is 0 Å². The average molecular weight is 542 g/mol.